The Kier molecular flexibility index (Phi) is 2.86. The van der Waals surface area contributed by atoms with Crippen molar-refractivity contribution in [2.24, 2.45) is 0 Å². The van der Waals surface area contributed by atoms with E-state index in [-0.39, 0.29) is 0 Å². The summed E-state index contributed by atoms with van der Waals surface area (Å²) in [5, 5.41) is 9.66. The number of nitriles is 1. The zero-order valence-electron chi connectivity index (χ0n) is 9.72. The van der Waals surface area contributed by atoms with Crippen molar-refractivity contribution in [1.29, 1.82) is 5.26 Å². The minimum atomic E-state index is 0.590. The van der Waals surface area contributed by atoms with Crippen LogP contribution in [0.25, 0.3) is 16.7 Å². The van der Waals surface area contributed by atoms with E-state index >= 15 is 0 Å². The molecule has 0 bridgehead atoms. The summed E-state index contributed by atoms with van der Waals surface area (Å²) in [5.41, 5.74) is 3.30. The van der Waals surface area contributed by atoms with Crippen LogP contribution in [0.3, 0.4) is 0 Å². The van der Waals surface area contributed by atoms with Crippen molar-refractivity contribution in [1.82, 2.24) is 9.55 Å². The van der Waals surface area contributed by atoms with Gasteiger partial charge in [0.2, 0.25) is 0 Å². The van der Waals surface area contributed by atoms with Crippen LogP contribution in [0.15, 0.2) is 42.5 Å². The molecule has 3 rings (SSSR count). The average Bonchev–Trinajstić information content (AvgIpc) is 2.75. The first kappa shape index (κ1) is 12.0. The minimum Gasteiger partial charge on any atom is -0.330 e. The van der Waals surface area contributed by atoms with Crippen molar-refractivity contribution in [3.05, 3.63) is 57.8 Å². The predicted molar refractivity (Wildman–Crippen MR) is 78.2 cm³/mol. The van der Waals surface area contributed by atoms with Gasteiger partial charge in [-0.1, -0.05) is 11.6 Å². The standard InChI is InChI=1S/C14H8ClN3S/c15-10-2-4-11(5-3-10)18-13-7-9(8-16)1-6-12(13)17-14(18)19/h1-7H,(H,17,19). The number of imidazole rings is 1. The molecule has 0 aliphatic rings. The molecule has 0 radical (unpaired) electrons. The van der Waals surface area contributed by atoms with E-state index in [9.17, 15) is 0 Å². The summed E-state index contributed by atoms with van der Waals surface area (Å²) < 4.78 is 2.48. The molecular formula is C14H8ClN3S. The Morgan fingerprint density at radius 2 is 1.89 bits per heavy atom. The summed E-state index contributed by atoms with van der Waals surface area (Å²) >= 11 is 11.2. The molecule has 3 aromatic rings. The highest BCUT2D eigenvalue weighted by molar-refractivity contribution is 7.71. The van der Waals surface area contributed by atoms with E-state index in [0.717, 1.165) is 16.7 Å². The van der Waals surface area contributed by atoms with E-state index in [1.54, 1.807) is 6.07 Å². The Morgan fingerprint density at radius 1 is 1.16 bits per heavy atom. The topological polar surface area (TPSA) is 44.5 Å². The molecule has 0 saturated heterocycles. The highest BCUT2D eigenvalue weighted by atomic mass is 35.5. The van der Waals surface area contributed by atoms with Crippen molar-refractivity contribution >= 4 is 34.9 Å². The van der Waals surface area contributed by atoms with Crippen LogP contribution in [0.5, 0.6) is 0 Å². The van der Waals surface area contributed by atoms with E-state index < -0.39 is 0 Å². The van der Waals surface area contributed by atoms with Crippen LogP contribution >= 0.6 is 23.8 Å². The number of fused-ring (bicyclic) bond motifs is 1. The third-order valence-electron chi connectivity index (χ3n) is 2.90. The number of hydrogen-bond acceptors (Lipinski definition) is 2. The number of nitrogens with one attached hydrogen (secondary N) is 1. The molecule has 0 aliphatic carbocycles. The molecule has 1 N–H and O–H groups in total. The number of benzene rings is 2. The lowest BCUT2D eigenvalue weighted by Gasteiger charge is -2.04. The fraction of sp³-hybridized carbons (Fsp3) is 0. The monoisotopic (exact) mass is 285 g/mol. The van der Waals surface area contributed by atoms with Gasteiger partial charge in [0.05, 0.1) is 22.7 Å². The molecular weight excluding hydrogens is 278 g/mol. The molecule has 0 fully saturated rings. The van der Waals surface area contributed by atoms with E-state index in [2.05, 4.69) is 11.1 Å². The first-order chi connectivity index (χ1) is 9.19. The maximum Gasteiger partial charge on any atom is 0.182 e. The summed E-state index contributed by atoms with van der Waals surface area (Å²) in [6.07, 6.45) is 0. The Labute approximate surface area is 119 Å². The second kappa shape index (κ2) is 4.54. The maximum absolute atomic E-state index is 8.99. The van der Waals surface area contributed by atoms with Crippen molar-refractivity contribution < 1.29 is 0 Å². The summed E-state index contributed by atoms with van der Waals surface area (Å²) in [6, 6.07) is 15.0. The molecule has 0 amide bonds. The Hall–Kier alpha value is -2.09. The number of aromatic nitrogens is 2. The van der Waals surface area contributed by atoms with Crippen LogP contribution in [0.1, 0.15) is 5.56 Å². The molecule has 0 atom stereocenters. The molecule has 1 heterocycles. The van der Waals surface area contributed by atoms with Gasteiger partial charge in [0, 0.05) is 10.7 Å². The van der Waals surface area contributed by atoms with Gasteiger partial charge in [-0.2, -0.15) is 5.26 Å². The van der Waals surface area contributed by atoms with Gasteiger partial charge in [-0.3, -0.25) is 4.57 Å². The summed E-state index contributed by atoms with van der Waals surface area (Å²) in [4.78, 5) is 3.13. The summed E-state index contributed by atoms with van der Waals surface area (Å²) in [5.74, 6) is 0. The summed E-state index contributed by atoms with van der Waals surface area (Å²) in [7, 11) is 0. The third kappa shape index (κ3) is 2.03. The van der Waals surface area contributed by atoms with Crippen molar-refractivity contribution in [3.63, 3.8) is 0 Å². The largest absolute Gasteiger partial charge is 0.330 e. The Balaban J connectivity index is 2.34. The number of halogens is 1. The molecule has 2 aromatic carbocycles. The molecule has 3 nitrogen and oxygen atoms in total. The number of hydrogen-bond donors (Lipinski definition) is 1. The number of nitrogens with zero attached hydrogens (tertiary/aromatic N) is 2. The Bertz CT molecular complexity index is 853. The smallest absolute Gasteiger partial charge is 0.182 e. The highest BCUT2D eigenvalue weighted by Crippen LogP contribution is 2.22. The van der Waals surface area contributed by atoms with Gasteiger partial charge in [0.25, 0.3) is 0 Å². The molecule has 92 valence electrons. The van der Waals surface area contributed by atoms with Gasteiger partial charge in [-0.15, -0.1) is 0 Å². The van der Waals surface area contributed by atoms with Crippen LogP contribution < -0.4 is 0 Å². The second-order valence-corrected chi connectivity index (χ2v) is 4.91. The van der Waals surface area contributed by atoms with Crippen molar-refractivity contribution in [3.8, 4) is 11.8 Å². The molecule has 5 heteroatoms. The predicted octanol–water partition coefficient (Wildman–Crippen LogP) is 4.21. The van der Waals surface area contributed by atoms with Gasteiger partial charge < -0.3 is 4.98 Å². The van der Waals surface area contributed by atoms with Crippen molar-refractivity contribution in [2.45, 2.75) is 0 Å². The number of rotatable bonds is 1. The fourth-order valence-corrected chi connectivity index (χ4v) is 2.46. The zero-order valence-corrected chi connectivity index (χ0v) is 11.3. The third-order valence-corrected chi connectivity index (χ3v) is 3.43. The maximum atomic E-state index is 8.99. The first-order valence-corrected chi connectivity index (χ1v) is 6.38. The van der Waals surface area contributed by atoms with Crippen LogP contribution in [0.2, 0.25) is 5.02 Å². The highest BCUT2D eigenvalue weighted by Gasteiger charge is 2.07. The Morgan fingerprint density at radius 3 is 2.58 bits per heavy atom. The van der Waals surface area contributed by atoms with Crippen LogP contribution in [-0.2, 0) is 0 Å². The van der Waals surface area contributed by atoms with Crippen molar-refractivity contribution in [2.75, 3.05) is 0 Å². The molecule has 0 spiro atoms. The lowest BCUT2D eigenvalue weighted by molar-refractivity contribution is 1.06. The summed E-state index contributed by atoms with van der Waals surface area (Å²) in [6.45, 7) is 0. The van der Waals surface area contributed by atoms with Crippen LogP contribution in [-0.4, -0.2) is 9.55 Å². The number of H-pyrrole nitrogens is 1. The van der Waals surface area contributed by atoms with E-state index in [1.165, 1.54) is 0 Å². The van der Waals surface area contributed by atoms with Gasteiger partial charge in [-0.05, 0) is 54.7 Å². The molecule has 0 aliphatic heterocycles. The van der Waals surface area contributed by atoms with Gasteiger partial charge in [0.1, 0.15) is 0 Å². The van der Waals surface area contributed by atoms with E-state index in [0.29, 0.717) is 15.4 Å². The second-order valence-electron chi connectivity index (χ2n) is 4.09. The SMILES string of the molecule is N#Cc1ccc2[nH]c(=S)n(-c3ccc(Cl)cc3)c2c1. The quantitative estimate of drug-likeness (QED) is 0.681. The van der Waals surface area contributed by atoms with Crippen LogP contribution in [0, 0.1) is 16.1 Å². The van der Waals surface area contributed by atoms with Gasteiger partial charge in [-0.25, -0.2) is 0 Å². The minimum absolute atomic E-state index is 0.590. The molecule has 0 unspecified atom stereocenters. The number of aromatic amines is 1. The normalized spacial score (nSPS) is 10.5. The molecule has 0 saturated carbocycles. The van der Waals surface area contributed by atoms with Crippen LogP contribution in [0.4, 0.5) is 0 Å². The van der Waals surface area contributed by atoms with E-state index in [4.69, 9.17) is 29.1 Å². The van der Waals surface area contributed by atoms with Gasteiger partial charge in [0.15, 0.2) is 4.77 Å². The molecule has 19 heavy (non-hydrogen) atoms. The van der Waals surface area contributed by atoms with Gasteiger partial charge >= 0.3 is 0 Å². The first-order valence-electron chi connectivity index (χ1n) is 5.60. The fourth-order valence-electron chi connectivity index (χ4n) is 2.02. The lowest BCUT2D eigenvalue weighted by Crippen LogP contribution is -1.93. The molecule has 1 aromatic heterocycles. The van der Waals surface area contributed by atoms with E-state index in [1.807, 2.05) is 41.0 Å². The average molecular weight is 286 g/mol. The lowest BCUT2D eigenvalue weighted by atomic mass is 10.2. The zero-order chi connectivity index (χ0) is 13.4.